The monoisotopic (exact) mass is 417 g/mol. The highest BCUT2D eigenvalue weighted by atomic mass is 16.2. The molecule has 0 aliphatic heterocycles. The fraction of sp³-hybridized carbons (Fsp3) is 0.318. The van der Waals surface area contributed by atoms with Crippen LogP contribution in [-0.4, -0.2) is 44.6 Å². The van der Waals surface area contributed by atoms with Crippen LogP contribution in [0.3, 0.4) is 0 Å². The molecular formula is C22H23N7O2. The standard InChI is InChI=1S/C22H23N7O2/c30-20(25-19-4-2-1-3-18(19)22(31)24-16-9-10-16)13-23-15-7-5-14(6-8-15)21-26-27-28-29(21)17-11-12-17/h1-8,16-17,23H,9-13H2,(H,24,31)(H,25,30). The van der Waals surface area contributed by atoms with E-state index < -0.39 is 0 Å². The van der Waals surface area contributed by atoms with Crippen LogP contribution in [0.4, 0.5) is 11.4 Å². The lowest BCUT2D eigenvalue weighted by molar-refractivity contribution is -0.114. The molecule has 0 atom stereocenters. The Hall–Kier alpha value is -3.75. The van der Waals surface area contributed by atoms with E-state index in [4.69, 9.17) is 0 Å². The van der Waals surface area contributed by atoms with E-state index in [2.05, 4.69) is 31.5 Å². The third-order valence-electron chi connectivity index (χ3n) is 5.34. The summed E-state index contributed by atoms with van der Waals surface area (Å²) in [7, 11) is 0. The summed E-state index contributed by atoms with van der Waals surface area (Å²) in [5, 5.41) is 20.9. The Kier molecular flexibility index (Phi) is 5.07. The van der Waals surface area contributed by atoms with Gasteiger partial charge in [-0.15, -0.1) is 5.10 Å². The van der Waals surface area contributed by atoms with E-state index in [1.807, 2.05) is 28.9 Å². The molecule has 2 aliphatic rings. The number of hydrogen-bond donors (Lipinski definition) is 3. The maximum atomic E-state index is 12.4. The Morgan fingerprint density at radius 1 is 1.00 bits per heavy atom. The Labute approximate surface area is 179 Å². The van der Waals surface area contributed by atoms with Crippen molar-refractivity contribution in [3.05, 3.63) is 54.1 Å². The van der Waals surface area contributed by atoms with Crippen molar-refractivity contribution in [2.45, 2.75) is 37.8 Å². The summed E-state index contributed by atoms with van der Waals surface area (Å²) in [6.07, 6.45) is 4.24. The minimum atomic E-state index is -0.228. The fourth-order valence-electron chi connectivity index (χ4n) is 3.34. The topological polar surface area (TPSA) is 114 Å². The maximum absolute atomic E-state index is 12.4. The lowest BCUT2D eigenvalue weighted by Crippen LogP contribution is -2.28. The van der Waals surface area contributed by atoms with Crippen LogP contribution in [-0.2, 0) is 4.79 Å². The zero-order valence-electron chi connectivity index (χ0n) is 16.9. The summed E-state index contributed by atoms with van der Waals surface area (Å²) in [6, 6.07) is 15.4. The van der Waals surface area contributed by atoms with Crippen molar-refractivity contribution in [1.82, 2.24) is 25.5 Å². The van der Waals surface area contributed by atoms with E-state index in [-0.39, 0.29) is 24.4 Å². The average molecular weight is 417 g/mol. The summed E-state index contributed by atoms with van der Waals surface area (Å²) in [5.41, 5.74) is 2.72. The van der Waals surface area contributed by atoms with E-state index in [1.165, 1.54) is 0 Å². The molecule has 1 heterocycles. The summed E-state index contributed by atoms with van der Waals surface area (Å²) in [5.74, 6) is 0.372. The van der Waals surface area contributed by atoms with Crippen molar-refractivity contribution in [2.75, 3.05) is 17.2 Å². The number of carbonyl (C=O) groups is 2. The van der Waals surface area contributed by atoms with Crippen LogP contribution in [0.5, 0.6) is 0 Å². The molecule has 0 saturated heterocycles. The molecule has 2 aliphatic carbocycles. The maximum Gasteiger partial charge on any atom is 0.253 e. The molecule has 9 heteroatoms. The van der Waals surface area contributed by atoms with Gasteiger partial charge in [-0.05, 0) is 72.5 Å². The fourth-order valence-corrected chi connectivity index (χ4v) is 3.34. The largest absolute Gasteiger partial charge is 0.376 e. The van der Waals surface area contributed by atoms with Gasteiger partial charge in [-0.1, -0.05) is 12.1 Å². The summed E-state index contributed by atoms with van der Waals surface area (Å²) >= 11 is 0. The second kappa shape index (κ2) is 8.17. The smallest absolute Gasteiger partial charge is 0.253 e. The predicted molar refractivity (Wildman–Crippen MR) is 116 cm³/mol. The second-order valence-corrected chi connectivity index (χ2v) is 7.95. The number of aromatic nitrogens is 4. The number of nitrogens with zero attached hydrogens (tertiary/aromatic N) is 4. The number of benzene rings is 2. The number of carbonyl (C=O) groups excluding carboxylic acids is 2. The SMILES string of the molecule is O=C(CNc1ccc(-c2nnnn2C2CC2)cc1)Nc1ccccc1C(=O)NC1CC1. The molecule has 2 saturated carbocycles. The Morgan fingerprint density at radius 3 is 2.52 bits per heavy atom. The van der Waals surface area contributed by atoms with Crippen LogP contribution in [0, 0.1) is 0 Å². The number of anilines is 2. The third-order valence-corrected chi connectivity index (χ3v) is 5.34. The van der Waals surface area contributed by atoms with Crippen molar-refractivity contribution >= 4 is 23.2 Å². The van der Waals surface area contributed by atoms with E-state index in [1.54, 1.807) is 24.3 Å². The zero-order valence-corrected chi connectivity index (χ0v) is 16.9. The molecule has 3 aromatic rings. The molecule has 5 rings (SSSR count). The number of hydrogen-bond acceptors (Lipinski definition) is 6. The van der Waals surface area contributed by atoms with E-state index in [0.717, 1.165) is 42.8 Å². The van der Waals surface area contributed by atoms with Crippen molar-refractivity contribution in [3.8, 4) is 11.4 Å². The molecule has 2 amide bonds. The molecular weight excluding hydrogens is 394 g/mol. The second-order valence-electron chi connectivity index (χ2n) is 7.95. The van der Waals surface area contributed by atoms with Gasteiger partial charge in [-0.25, -0.2) is 4.68 Å². The van der Waals surface area contributed by atoms with Gasteiger partial charge in [0.25, 0.3) is 5.91 Å². The normalized spacial score (nSPS) is 15.4. The predicted octanol–water partition coefficient (Wildman–Crippen LogP) is 2.62. The zero-order chi connectivity index (χ0) is 21.2. The highest BCUT2D eigenvalue weighted by molar-refractivity contribution is 6.04. The molecule has 0 spiro atoms. The number of nitrogens with one attached hydrogen (secondary N) is 3. The Bertz CT molecular complexity index is 1100. The molecule has 1 aromatic heterocycles. The van der Waals surface area contributed by atoms with Crippen LogP contribution in [0.25, 0.3) is 11.4 Å². The van der Waals surface area contributed by atoms with E-state index in [0.29, 0.717) is 17.3 Å². The molecule has 0 radical (unpaired) electrons. The van der Waals surface area contributed by atoms with Gasteiger partial charge in [-0.2, -0.15) is 0 Å². The van der Waals surface area contributed by atoms with Crippen LogP contribution < -0.4 is 16.0 Å². The number of para-hydroxylation sites is 1. The third kappa shape index (κ3) is 4.55. The molecule has 9 nitrogen and oxygen atoms in total. The van der Waals surface area contributed by atoms with E-state index >= 15 is 0 Å². The van der Waals surface area contributed by atoms with Gasteiger partial charge in [0.2, 0.25) is 5.91 Å². The van der Waals surface area contributed by atoms with Crippen LogP contribution in [0.1, 0.15) is 42.1 Å². The average Bonchev–Trinajstić information content (AvgIpc) is 3.73. The van der Waals surface area contributed by atoms with Crippen molar-refractivity contribution < 1.29 is 9.59 Å². The van der Waals surface area contributed by atoms with Gasteiger partial charge in [0.15, 0.2) is 5.82 Å². The lowest BCUT2D eigenvalue weighted by atomic mass is 10.1. The first-order chi connectivity index (χ1) is 15.2. The minimum Gasteiger partial charge on any atom is -0.376 e. The number of amides is 2. The number of tetrazole rings is 1. The molecule has 0 unspecified atom stereocenters. The van der Waals surface area contributed by atoms with Crippen molar-refractivity contribution in [1.29, 1.82) is 0 Å². The molecule has 158 valence electrons. The molecule has 0 bridgehead atoms. The molecule has 2 aromatic carbocycles. The molecule has 3 N–H and O–H groups in total. The van der Waals surface area contributed by atoms with Gasteiger partial charge in [0.05, 0.1) is 23.8 Å². The van der Waals surface area contributed by atoms with Crippen LogP contribution >= 0.6 is 0 Å². The van der Waals surface area contributed by atoms with Crippen molar-refractivity contribution in [3.63, 3.8) is 0 Å². The van der Waals surface area contributed by atoms with Gasteiger partial charge < -0.3 is 16.0 Å². The first-order valence-electron chi connectivity index (χ1n) is 10.5. The van der Waals surface area contributed by atoms with Crippen LogP contribution in [0.15, 0.2) is 48.5 Å². The molecule has 31 heavy (non-hydrogen) atoms. The summed E-state index contributed by atoms with van der Waals surface area (Å²) < 4.78 is 1.87. The van der Waals surface area contributed by atoms with Gasteiger partial charge in [0, 0.05) is 17.3 Å². The molecule has 2 fully saturated rings. The lowest BCUT2D eigenvalue weighted by Gasteiger charge is -2.12. The highest BCUT2D eigenvalue weighted by Gasteiger charge is 2.28. The Morgan fingerprint density at radius 2 is 1.77 bits per heavy atom. The van der Waals surface area contributed by atoms with Gasteiger partial charge >= 0.3 is 0 Å². The van der Waals surface area contributed by atoms with Crippen LogP contribution in [0.2, 0.25) is 0 Å². The van der Waals surface area contributed by atoms with Crippen molar-refractivity contribution in [2.24, 2.45) is 0 Å². The summed E-state index contributed by atoms with van der Waals surface area (Å²) in [6.45, 7) is 0.0811. The van der Waals surface area contributed by atoms with Gasteiger partial charge in [0.1, 0.15) is 0 Å². The quantitative estimate of drug-likeness (QED) is 0.519. The summed E-state index contributed by atoms with van der Waals surface area (Å²) in [4.78, 5) is 24.8. The number of rotatable bonds is 8. The first-order valence-corrected chi connectivity index (χ1v) is 10.5. The van der Waals surface area contributed by atoms with E-state index in [9.17, 15) is 9.59 Å². The van der Waals surface area contributed by atoms with Gasteiger partial charge in [-0.3, -0.25) is 9.59 Å². The first kappa shape index (κ1) is 19.2. The minimum absolute atomic E-state index is 0.0811. The Balaban J connectivity index is 1.18. The highest BCUT2D eigenvalue weighted by Crippen LogP contribution is 2.36.